The van der Waals surface area contributed by atoms with Crippen LogP contribution in [0.25, 0.3) is 5.78 Å². The van der Waals surface area contributed by atoms with E-state index in [1.807, 2.05) is 57.2 Å². The first-order valence-corrected chi connectivity index (χ1v) is 9.14. The van der Waals surface area contributed by atoms with Crippen molar-refractivity contribution in [3.63, 3.8) is 0 Å². The third kappa shape index (κ3) is 4.17. The van der Waals surface area contributed by atoms with Crippen molar-refractivity contribution in [2.24, 2.45) is 0 Å². The van der Waals surface area contributed by atoms with Gasteiger partial charge < -0.3 is 5.32 Å². The molecule has 6 nitrogen and oxygen atoms in total. The number of aryl methyl sites for hydroxylation is 2. The van der Waals surface area contributed by atoms with Crippen LogP contribution in [0.3, 0.4) is 0 Å². The van der Waals surface area contributed by atoms with Crippen LogP contribution < -0.4 is 5.32 Å². The van der Waals surface area contributed by atoms with Gasteiger partial charge in [-0.15, -0.1) is 5.10 Å². The van der Waals surface area contributed by atoms with Crippen LogP contribution >= 0.6 is 11.8 Å². The molecule has 0 fully saturated rings. The molecule has 1 amide bonds. The van der Waals surface area contributed by atoms with Crippen LogP contribution in [0.15, 0.2) is 41.6 Å². The summed E-state index contributed by atoms with van der Waals surface area (Å²) in [6.45, 7) is 6.41. The first-order chi connectivity index (χ1) is 12.1. The fourth-order valence-corrected chi connectivity index (χ4v) is 3.42. The normalized spacial score (nSPS) is 12.3. The third-order valence-electron chi connectivity index (χ3n) is 3.82. The second-order valence-electron chi connectivity index (χ2n) is 5.86. The Morgan fingerprint density at radius 1 is 1.24 bits per heavy atom. The molecule has 0 aliphatic rings. The highest BCUT2D eigenvalue weighted by atomic mass is 32.2. The Hall–Kier alpha value is -2.41. The van der Waals surface area contributed by atoms with Crippen molar-refractivity contribution in [1.82, 2.24) is 24.9 Å². The van der Waals surface area contributed by atoms with E-state index in [0.29, 0.717) is 23.9 Å². The van der Waals surface area contributed by atoms with E-state index in [-0.39, 0.29) is 11.2 Å². The highest BCUT2D eigenvalue weighted by molar-refractivity contribution is 8.00. The molecule has 25 heavy (non-hydrogen) atoms. The molecule has 0 radical (unpaired) electrons. The van der Waals surface area contributed by atoms with Crippen molar-refractivity contribution in [2.75, 3.05) is 0 Å². The van der Waals surface area contributed by atoms with Crippen molar-refractivity contribution in [2.45, 2.75) is 44.1 Å². The number of carbonyl (C=O) groups excluding carboxylic acids is 1. The Morgan fingerprint density at radius 2 is 2.00 bits per heavy atom. The maximum atomic E-state index is 12.5. The Bertz CT molecular complexity index is 878. The van der Waals surface area contributed by atoms with E-state index in [9.17, 15) is 4.79 Å². The van der Waals surface area contributed by atoms with E-state index >= 15 is 0 Å². The topological polar surface area (TPSA) is 72.2 Å². The van der Waals surface area contributed by atoms with Gasteiger partial charge in [0.2, 0.25) is 11.1 Å². The zero-order valence-electron chi connectivity index (χ0n) is 14.6. The van der Waals surface area contributed by atoms with Gasteiger partial charge in [0.1, 0.15) is 0 Å². The average molecular weight is 355 g/mol. The predicted octanol–water partition coefficient (Wildman–Crippen LogP) is 2.93. The number of aromatic nitrogens is 4. The van der Waals surface area contributed by atoms with E-state index in [1.165, 1.54) is 11.8 Å². The SMILES string of the molecule is CCC(Sc1nc2nc(C)cc(C)n2n1)C(=O)NCc1ccccc1. The number of benzene rings is 1. The van der Waals surface area contributed by atoms with Gasteiger partial charge in [0.05, 0.1) is 5.25 Å². The lowest BCUT2D eigenvalue weighted by Crippen LogP contribution is -2.31. The standard InChI is InChI=1S/C18H21N5OS/c1-4-15(16(24)19-11-14-8-6-5-7-9-14)25-18-21-17-20-12(2)10-13(3)23(17)22-18/h5-10,15H,4,11H2,1-3H3,(H,19,24). The third-order valence-corrected chi connectivity index (χ3v) is 5.03. The minimum absolute atomic E-state index is 0.00364. The number of carbonyl (C=O) groups is 1. The van der Waals surface area contributed by atoms with E-state index in [2.05, 4.69) is 20.4 Å². The van der Waals surface area contributed by atoms with Crippen LogP contribution in [0.2, 0.25) is 0 Å². The van der Waals surface area contributed by atoms with Crippen LogP contribution in [-0.4, -0.2) is 30.7 Å². The first kappa shape index (κ1) is 17.4. The Morgan fingerprint density at radius 3 is 2.72 bits per heavy atom. The largest absolute Gasteiger partial charge is 0.351 e. The van der Waals surface area contributed by atoms with E-state index in [4.69, 9.17) is 0 Å². The van der Waals surface area contributed by atoms with Crippen LogP contribution in [0, 0.1) is 13.8 Å². The van der Waals surface area contributed by atoms with Gasteiger partial charge in [-0.3, -0.25) is 4.79 Å². The van der Waals surface area contributed by atoms with Crippen molar-refractivity contribution in [3.05, 3.63) is 53.3 Å². The van der Waals surface area contributed by atoms with Crippen molar-refractivity contribution in [1.29, 1.82) is 0 Å². The molecule has 2 heterocycles. The molecule has 1 aromatic carbocycles. The molecular weight excluding hydrogens is 334 g/mol. The maximum absolute atomic E-state index is 12.5. The molecule has 0 saturated carbocycles. The van der Waals surface area contributed by atoms with Crippen molar-refractivity contribution in [3.8, 4) is 0 Å². The monoisotopic (exact) mass is 355 g/mol. The van der Waals surface area contributed by atoms with Crippen molar-refractivity contribution >= 4 is 23.4 Å². The van der Waals surface area contributed by atoms with Gasteiger partial charge in [-0.25, -0.2) is 9.50 Å². The minimum atomic E-state index is -0.234. The summed E-state index contributed by atoms with van der Waals surface area (Å²) >= 11 is 1.38. The molecule has 0 aliphatic heterocycles. The minimum Gasteiger partial charge on any atom is -0.351 e. The molecule has 0 aliphatic carbocycles. The van der Waals surface area contributed by atoms with Gasteiger partial charge in [-0.2, -0.15) is 4.98 Å². The summed E-state index contributed by atoms with van der Waals surface area (Å²) in [6, 6.07) is 11.8. The molecule has 3 aromatic rings. The molecule has 0 spiro atoms. The lowest BCUT2D eigenvalue weighted by molar-refractivity contribution is -0.120. The fourth-order valence-electron chi connectivity index (χ4n) is 2.55. The number of thioether (sulfide) groups is 1. The molecular formula is C18H21N5OS. The van der Waals surface area contributed by atoms with Gasteiger partial charge >= 0.3 is 0 Å². The lowest BCUT2D eigenvalue weighted by Gasteiger charge is -2.12. The van der Waals surface area contributed by atoms with Gasteiger partial charge in [0, 0.05) is 17.9 Å². The highest BCUT2D eigenvalue weighted by Gasteiger charge is 2.20. The second-order valence-corrected chi connectivity index (χ2v) is 7.03. The van der Waals surface area contributed by atoms with Crippen molar-refractivity contribution < 1.29 is 4.79 Å². The Labute approximate surface area is 151 Å². The zero-order chi connectivity index (χ0) is 17.8. The highest BCUT2D eigenvalue weighted by Crippen LogP contribution is 2.23. The number of hydrogen-bond donors (Lipinski definition) is 1. The molecule has 130 valence electrons. The zero-order valence-corrected chi connectivity index (χ0v) is 15.4. The summed E-state index contributed by atoms with van der Waals surface area (Å²) in [5.74, 6) is 0.565. The Kier molecular flexibility index (Phi) is 5.33. The number of nitrogens with zero attached hydrogens (tertiary/aromatic N) is 4. The van der Waals surface area contributed by atoms with E-state index in [1.54, 1.807) is 4.52 Å². The van der Waals surface area contributed by atoms with E-state index < -0.39 is 0 Å². The van der Waals surface area contributed by atoms with Gasteiger partial charge in [-0.1, -0.05) is 49.0 Å². The summed E-state index contributed by atoms with van der Waals surface area (Å²) < 4.78 is 1.71. The van der Waals surface area contributed by atoms with E-state index in [0.717, 1.165) is 17.0 Å². The molecule has 0 saturated heterocycles. The molecule has 1 N–H and O–H groups in total. The number of fused-ring (bicyclic) bond motifs is 1. The second kappa shape index (κ2) is 7.65. The van der Waals surface area contributed by atoms with Crippen LogP contribution in [0.1, 0.15) is 30.3 Å². The van der Waals surface area contributed by atoms with Gasteiger partial charge in [0.15, 0.2) is 0 Å². The first-order valence-electron chi connectivity index (χ1n) is 8.26. The molecule has 1 atom stereocenters. The van der Waals surface area contributed by atoms with Gasteiger partial charge in [-0.05, 0) is 31.9 Å². The van der Waals surface area contributed by atoms with Crippen LogP contribution in [0.4, 0.5) is 0 Å². The molecule has 2 aromatic heterocycles. The molecule has 3 rings (SSSR count). The molecule has 1 unspecified atom stereocenters. The summed E-state index contributed by atoms with van der Waals surface area (Å²) in [6.07, 6.45) is 0.701. The van der Waals surface area contributed by atoms with Crippen LogP contribution in [0.5, 0.6) is 0 Å². The summed E-state index contributed by atoms with van der Waals surface area (Å²) in [5.41, 5.74) is 2.96. The summed E-state index contributed by atoms with van der Waals surface area (Å²) in [7, 11) is 0. The van der Waals surface area contributed by atoms with Crippen LogP contribution in [-0.2, 0) is 11.3 Å². The Balaban J connectivity index is 1.69. The number of nitrogens with one attached hydrogen (secondary N) is 1. The number of rotatable bonds is 6. The maximum Gasteiger partial charge on any atom is 0.253 e. The average Bonchev–Trinajstić information content (AvgIpc) is 3.01. The lowest BCUT2D eigenvalue weighted by atomic mass is 10.2. The summed E-state index contributed by atoms with van der Waals surface area (Å²) in [5, 5.41) is 7.79. The summed E-state index contributed by atoms with van der Waals surface area (Å²) in [4.78, 5) is 21.3. The number of hydrogen-bond acceptors (Lipinski definition) is 5. The smallest absolute Gasteiger partial charge is 0.253 e. The van der Waals surface area contributed by atoms with Gasteiger partial charge in [0.25, 0.3) is 5.78 Å². The molecule has 7 heteroatoms. The fraction of sp³-hybridized carbons (Fsp3) is 0.333. The molecule has 0 bridgehead atoms. The predicted molar refractivity (Wildman–Crippen MR) is 98.5 cm³/mol. The quantitative estimate of drug-likeness (QED) is 0.688. The number of amides is 1.